The molecule has 0 saturated carbocycles. The van der Waals surface area contributed by atoms with Crippen molar-refractivity contribution < 1.29 is 0 Å². The van der Waals surface area contributed by atoms with Crippen LogP contribution < -0.4 is 5.73 Å². The molecule has 0 amide bonds. The number of benzene rings is 1. The van der Waals surface area contributed by atoms with Crippen LogP contribution in [0.1, 0.15) is 38.6 Å². The van der Waals surface area contributed by atoms with Gasteiger partial charge >= 0.3 is 0 Å². The number of aromatic nitrogens is 4. The maximum Gasteiger partial charge on any atom is 0.175 e. The topological polar surface area (TPSA) is 69.6 Å². The van der Waals surface area contributed by atoms with E-state index >= 15 is 0 Å². The summed E-state index contributed by atoms with van der Waals surface area (Å²) in [6.07, 6.45) is 1.66. The molecule has 2 rings (SSSR count). The van der Waals surface area contributed by atoms with Gasteiger partial charge < -0.3 is 5.73 Å². The van der Waals surface area contributed by atoms with Crippen LogP contribution in [-0.2, 0) is 11.8 Å². The van der Waals surface area contributed by atoms with Crippen LogP contribution in [0.3, 0.4) is 0 Å². The van der Waals surface area contributed by atoms with Gasteiger partial charge in [0.15, 0.2) is 5.82 Å². The largest absolute Gasteiger partial charge is 0.330 e. The maximum atomic E-state index is 5.47. The Balaban J connectivity index is 2.16. The predicted molar refractivity (Wildman–Crippen MR) is 75.2 cm³/mol. The highest BCUT2D eigenvalue weighted by Gasteiger charge is 2.13. The second kappa shape index (κ2) is 5.48. The minimum Gasteiger partial charge on any atom is -0.330 e. The van der Waals surface area contributed by atoms with Crippen molar-refractivity contribution in [3.8, 4) is 5.69 Å². The van der Waals surface area contributed by atoms with Crippen LogP contribution in [-0.4, -0.2) is 26.8 Å². The summed E-state index contributed by atoms with van der Waals surface area (Å²) in [5.74, 6) is 0.741. The molecule has 1 heterocycles. The van der Waals surface area contributed by atoms with Crippen LogP contribution in [0.2, 0.25) is 0 Å². The van der Waals surface area contributed by atoms with Crippen molar-refractivity contribution in [2.75, 3.05) is 6.54 Å². The number of aryl methyl sites for hydroxylation is 1. The Bertz CT molecular complexity index is 522. The first-order valence-electron chi connectivity index (χ1n) is 6.60. The van der Waals surface area contributed by atoms with Crippen molar-refractivity contribution in [3.05, 3.63) is 35.7 Å². The molecule has 0 aliphatic rings. The van der Waals surface area contributed by atoms with Crippen molar-refractivity contribution in [1.82, 2.24) is 20.2 Å². The lowest BCUT2D eigenvalue weighted by molar-refractivity contribution is 0.589. The van der Waals surface area contributed by atoms with Crippen molar-refractivity contribution >= 4 is 0 Å². The average Bonchev–Trinajstić information content (AvgIpc) is 2.84. The fourth-order valence-electron chi connectivity index (χ4n) is 1.81. The standard InChI is InChI=1S/C14H21N5/c1-14(2,3)11-6-8-12(9-7-11)19-17-13(16-18-19)5-4-10-15/h6-9H,4-5,10,15H2,1-3H3. The molecule has 0 aliphatic carbocycles. The van der Waals surface area contributed by atoms with Crippen molar-refractivity contribution in [2.24, 2.45) is 5.73 Å². The third kappa shape index (κ3) is 3.38. The molecule has 19 heavy (non-hydrogen) atoms. The molecule has 0 saturated heterocycles. The van der Waals surface area contributed by atoms with Crippen LogP contribution in [0.25, 0.3) is 5.69 Å². The van der Waals surface area contributed by atoms with Gasteiger partial charge in [0.25, 0.3) is 0 Å². The molecule has 2 aromatic rings. The lowest BCUT2D eigenvalue weighted by atomic mass is 9.87. The predicted octanol–water partition coefficient (Wildman–Crippen LogP) is 1.85. The molecule has 0 spiro atoms. The lowest BCUT2D eigenvalue weighted by Crippen LogP contribution is -2.11. The Morgan fingerprint density at radius 3 is 2.42 bits per heavy atom. The molecule has 102 valence electrons. The monoisotopic (exact) mass is 259 g/mol. The van der Waals surface area contributed by atoms with E-state index < -0.39 is 0 Å². The summed E-state index contributed by atoms with van der Waals surface area (Å²) < 4.78 is 0. The maximum absolute atomic E-state index is 5.47. The van der Waals surface area contributed by atoms with Gasteiger partial charge in [-0.1, -0.05) is 32.9 Å². The molecule has 0 bridgehead atoms. The van der Waals surface area contributed by atoms with Gasteiger partial charge in [0.1, 0.15) is 0 Å². The molecular weight excluding hydrogens is 238 g/mol. The molecule has 0 radical (unpaired) electrons. The number of hydrogen-bond acceptors (Lipinski definition) is 4. The molecule has 1 aromatic heterocycles. The van der Waals surface area contributed by atoms with Gasteiger partial charge in [0.2, 0.25) is 0 Å². The van der Waals surface area contributed by atoms with E-state index in [1.165, 1.54) is 5.56 Å². The van der Waals surface area contributed by atoms with Gasteiger partial charge in [-0.05, 0) is 41.3 Å². The highest BCUT2D eigenvalue weighted by molar-refractivity contribution is 5.35. The lowest BCUT2D eigenvalue weighted by Gasteiger charge is -2.18. The van der Waals surface area contributed by atoms with E-state index in [-0.39, 0.29) is 5.41 Å². The zero-order valence-corrected chi connectivity index (χ0v) is 11.8. The molecule has 5 heteroatoms. The summed E-state index contributed by atoms with van der Waals surface area (Å²) >= 11 is 0. The normalized spacial score (nSPS) is 11.8. The SMILES string of the molecule is CC(C)(C)c1ccc(-n2nnc(CCCN)n2)cc1. The zero-order valence-electron chi connectivity index (χ0n) is 11.8. The van der Waals surface area contributed by atoms with Gasteiger partial charge in [-0.15, -0.1) is 15.0 Å². The highest BCUT2D eigenvalue weighted by Crippen LogP contribution is 2.22. The van der Waals surface area contributed by atoms with Gasteiger partial charge in [0.05, 0.1) is 5.69 Å². The van der Waals surface area contributed by atoms with Crippen molar-refractivity contribution in [3.63, 3.8) is 0 Å². The fraction of sp³-hybridized carbons (Fsp3) is 0.500. The average molecular weight is 259 g/mol. The second-order valence-corrected chi connectivity index (χ2v) is 5.68. The van der Waals surface area contributed by atoms with E-state index in [2.05, 4.69) is 48.3 Å². The Labute approximate surface area is 113 Å². The van der Waals surface area contributed by atoms with E-state index in [1.807, 2.05) is 12.1 Å². The van der Waals surface area contributed by atoms with Crippen LogP contribution in [0, 0.1) is 0 Å². The van der Waals surface area contributed by atoms with Crippen molar-refractivity contribution in [2.45, 2.75) is 39.0 Å². The van der Waals surface area contributed by atoms with Crippen LogP contribution >= 0.6 is 0 Å². The highest BCUT2D eigenvalue weighted by atomic mass is 15.6. The van der Waals surface area contributed by atoms with E-state index in [4.69, 9.17) is 5.73 Å². The number of hydrogen-bond donors (Lipinski definition) is 1. The number of rotatable bonds is 4. The van der Waals surface area contributed by atoms with Crippen LogP contribution in [0.5, 0.6) is 0 Å². The summed E-state index contributed by atoms with van der Waals surface area (Å²) in [5, 5.41) is 12.4. The molecule has 2 N–H and O–H groups in total. The Hall–Kier alpha value is -1.75. The molecular formula is C14H21N5. The van der Waals surface area contributed by atoms with E-state index in [1.54, 1.807) is 4.80 Å². The summed E-state index contributed by atoms with van der Waals surface area (Å²) in [4.78, 5) is 1.57. The van der Waals surface area contributed by atoms with Gasteiger partial charge in [-0.3, -0.25) is 0 Å². The molecule has 0 unspecified atom stereocenters. The van der Waals surface area contributed by atoms with Gasteiger partial charge in [-0.25, -0.2) is 0 Å². The third-order valence-corrected chi connectivity index (χ3v) is 3.02. The summed E-state index contributed by atoms with van der Waals surface area (Å²) in [5.41, 5.74) is 7.84. The minimum atomic E-state index is 0.153. The summed E-state index contributed by atoms with van der Waals surface area (Å²) in [6.45, 7) is 7.23. The van der Waals surface area contributed by atoms with E-state index in [0.29, 0.717) is 6.54 Å². The molecule has 0 aliphatic heterocycles. The number of tetrazole rings is 1. The first-order chi connectivity index (χ1) is 9.00. The van der Waals surface area contributed by atoms with E-state index in [0.717, 1.165) is 24.4 Å². The van der Waals surface area contributed by atoms with Crippen molar-refractivity contribution in [1.29, 1.82) is 0 Å². The quantitative estimate of drug-likeness (QED) is 0.909. The zero-order chi connectivity index (χ0) is 13.9. The second-order valence-electron chi connectivity index (χ2n) is 5.68. The molecule has 1 aromatic carbocycles. The molecule has 0 fully saturated rings. The molecule has 0 atom stereocenters. The molecule has 5 nitrogen and oxygen atoms in total. The Morgan fingerprint density at radius 2 is 1.84 bits per heavy atom. The first-order valence-corrected chi connectivity index (χ1v) is 6.60. The minimum absolute atomic E-state index is 0.153. The van der Waals surface area contributed by atoms with E-state index in [9.17, 15) is 0 Å². The van der Waals surface area contributed by atoms with Crippen LogP contribution in [0.15, 0.2) is 24.3 Å². The first kappa shape index (κ1) is 13.7. The number of nitrogens with two attached hydrogens (primary N) is 1. The fourth-order valence-corrected chi connectivity index (χ4v) is 1.81. The smallest absolute Gasteiger partial charge is 0.175 e. The van der Waals surface area contributed by atoms with Crippen LogP contribution in [0.4, 0.5) is 0 Å². The Kier molecular flexibility index (Phi) is 3.95. The summed E-state index contributed by atoms with van der Waals surface area (Å²) in [6, 6.07) is 8.26. The summed E-state index contributed by atoms with van der Waals surface area (Å²) in [7, 11) is 0. The van der Waals surface area contributed by atoms with Gasteiger partial charge in [-0.2, -0.15) is 0 Å². The van der Waals surface area contributed by atoms with Gasteiger partial charge in [0, 0.05) is 6.42 Å². The Morgan fingerprint density at radius 1 is 1.16 bits per heavy atom. The third-order valence-electron chi connectivity index (χ3n) is 3.02. The number of nitrogens with zero attached hydrogens (tertiary/aromatic N) is 4.